The SMILES string of the molecule is CNC(C(=O)NCCC1CCCC(C)C1)c1cnn(C)c1. The van der Waals surface area contributed by atoms with Crippen molar-refractivity contribution in [3.63, 3.8) is 0 Å². The number of carbonyl (C=O) groups is 1. The van der Waals surface area contributed by atoms with E-state index in [1.807, 2.05) is 13.2 Å². The molecule has 3 atom stereocenters. The van der Waals surface area contributed by atoms with Gasteiger partial charge in [0, 0.05) is 25.4 Å². The van der Waals surface area contributed by atoms with Crippen LogP contribution >= 0.6 is 0 Å². The molecule has 1 saturated carbocycles. The first-order valence-corrected chi connectivity index (χ1v) is 8.03. The Hall–Kier alpha value is -1.36. The van der Waals surface area contributed by atoms with E-state index in [9.17, 15) is 4.79 Å². The molecule has 1 aromatic heterocycles. The van der Waals surface area contributed by atoms with Gasteiger partial charge in [0.25, 0.3) is 0 Å². The predicted octanol–water partition coefficient (Wildman–Crippen LogP) is 2.01. The molecule has 0 bridgehead atoms. The second-order valence-electron chi connectivity index (χ2n) is 6.39. The molecule has 1 heterocycles. The zero-order valence-electron chi connectivity index (χ0n) is 13.4. The molecule has 1 aromatic rings. The summed E-state index contributed by atoms with van der Waals surface area (Å²) in [6, 6.07) is -0.316. The molecular weight excluding hydrogens is 264 g/mol. The molecule has 0 spiro atoms. The third-order valence-corrected chi connectivity index (χ3v) is 4.51. The number of nitrogens with one attached hydrogen (secondary N) is 2. The maximum absolute atomic E-state index is 12.3. The van der Waals surface area contributed by atoms with Crippen molar-refractivity contribution in [1.82, 2.24) is 20.4 Å². The van der Waals surface area contributed by atoms with Gasteiger partial charge in [0.2, 0.25) is 5.91 Å². The van der Waals surface area contributed by atoms with E-state index >= 15 is 0 Å². The van der Waals surface area contributed by atoms with E-state index in [-0.39, 0.29) is 11.9 Å². The number of aryl methyl sites for hydroxylation is 1. The maximum Gasteiger partial charge on any atom is 0.241 e. The summed E-state index contributed by atoms with van der Waals surface area (Å²) in [5, 5.41) is 10.3. The van der Waals surface area contributed by atoms with Crippen LogP contribution in [0.5, 0.6) is 0 Å². The van der Waals surface area contributed by atoms with Crippen molar-refractivity contribution >= 4 is 5.91 Å². The van der Waals surface area contributed by atoms with Crippen LogP contribution in [0.3, 0.4) is 0 Å². The first-order valence-electron chi connectivity index (χ1n) is 8.03. The Morgan fingerprint density at radius 3 is 2.95 bits per heavy atom. The summed E-state index contributed by atoms with van der Waals surface area (Å²) >= 11 is 0. The van der Waals surface area contributed by atoms with Gasteiger partial charge in [-0.25, -0.2) is 0 Å². The Kier molecular flexibility index (Phi) is 5.79. The van der Waals surface area contributed by atoms with Crippen LogP contribution in [0.25, 0.3) is 0 Å². The lowest BCUT2D eigenvalue weighted by molar-refractivity contribution is -0.123. The topological polar surface area (TPSA) is 59.0 Å². The Morgan fingerprint density at radius 2 is 2.33 bits per heavy atom. The van der Waals surface area contributed by atoms with E-state index in [1.54, 1.807) is 17.9 Å². The van der Waals surface area contributed by atoms with E-state index in [2.05, 4.69) is 22.7 Å². The van der Waals surface area contributed by atoms with Gasteiger partial charge in [-0.3, -0.25) is 9.48 Å². The standard InChI is InChI=1S/C16H28N4O/c1-12-5-4-6-13(9-12)7-8-18-16(21)15(17-2)14-10-19-20(3)11-14/h10-13,15,17H,4-9H2,1-3H3,(H,18,21). The summed E-state index contributed by atoms with van der Waals surface area (Å²) in [4.78, 5) is 12.3. The van der Waals surface area contributed by atoms with Gasteiger partial charge in [-0.2, -0.15) is 5.10 Å². The van der Waals surface area contributed by atoms with E-state index < -0.39 is 0 Å². The van der Waals surface area contributed by atoms with Crippen LogP contribution < -0.4 is 10.6 Å². The quantitative estimate of drug-likeness (QED) is 0.843. The molecule has 0 radical (unpaired) electrons. The molecule has 0 aliphatic heterocycles. The average molecular weight is 292 g/mol. The van der Waals surface area contributed by atoms with Crippen LogP contribution in [0.2, 0.25) is 0 Å². The third kappa shape index (κ3) is 4.56. The number of likely N-dealkylation sites (N-methyl/N-ethyl adjacent to an activating group) is 1. The van der Waals surface area contributed by atoms with E-state index in [0.29, 0.717) is 0 Å². The highest BCUT2D eigenvalue weighted by Gasteiger charge is 2.21. The Bertz CT molecular complexity index is 457. The lowest BCUT2D eigenvalue weighted by Gasteiger charge is -2.26. The summed E-state index contributed by atoms with van der Waals surface area (Å²) in [6.45, 7) is 3.11. The number of rotatable bonds is 6. The van der Waals surface area contributed by atoms with Crippen molar-refractivity contribution in [1.29, 1.82) is 0 Å². The Morgan fingerprint density at radius 1 is 1.52 bits per heavy atom. The molecule has 3 unspecified atom stereocenters. The lowest BCUT2D eigenvalue weighted by Crippen LogP contribution is -2.37. The number of nitrogens with zero attached hydrogens (tertiary/aromatic N) is 2. The van der Waals surface area contributed by atoms with Gasteiger partial charge in [0.15, 0.2) is 0 Å². The second kappa shape index (κ2) is 7.59. The van der Waals surface area contributed by atoms with Gasteiger partial charge in [0.05, 0.1) is 6.20 Å². The highest BCUT2D eigenvalue weighted by atomic mass is 16.2. The predicted molar refractivity (Wildman–Crippen MR) is 83.8 cm³/mol. The fourth-order valence-corrected chi connectivity index (χ4v) is 3.36. The zero-order valence-corrected chi connectivity index (χ0v) is 13.4. The van der Waals surface area contributed by atoms with Gasteiger partial charge in [0.1, 0.15) is 6.04 Å². The van der Waals surface area contributed by atoms with Crippen molar-refractivity contribution < 1.29 is 4.79 Å². The second-order valence-corrected chi connectivity index (χ2v) is 6.39. The van der Waals surface area contributed by atoms with Crippen LogP contribution in [0.1, 0.15) is 50.6 Å². The summed E-state index contributed by atoms with van der Waals surface area (Å²) < 4.78 is 1.72. The van der Waals surface area contributed by atoms with Gasteiger partial charge in [-0.15, -0.1) is 0 Å². The number of carbonyl (C=O) groups excluding carboxylic acids is 1. The molecule has 21 heavy (non-hydrogen) atoms. The molecule has 118 valence electrons. The number of amides is 1. The fourth-order valence-electron chi connectivity index (χ4n) is 3.36. The van der Waals surface area contributed by atoms with Gasteiger partial charge < -0.3 is 10.6 Å². The molecule has 1 aliphatic rings. The zero-order chi connectivity index (χ0) is 15.2. The first kappa shape index (κ1) is 16.0. The lowest BCUT2D eigenvalue weighted by atomic mass is 9.81. The molecule has 1 fully saturated rings. The minimum Gasteiger partial charge on any atom is -0.354 e. The Balaban J connectivity index is 1.77. The molecule has 2 N–H and O–H groups in total. The van der Waals surface area contributed by atoms with Crippen molar-refractivity contribution in [3.05, 3.63) is 18.0 Å². The smallest absolute Gasteiger partial charge is 0.241 e. The minimum atomic E-state index is -0.316. The monoisotopic (exact) mass is 292 g/mol. The normalized spacial score (nSPS) is 23.8. The van der Waals surface area contributed by atoms with Crippen LogP contribution in [-0.2, 0) is 11.8 Å². The molecule has 2 rings (SSSR count). The summed E-state index contributed by atoms with van der Waals surface area (Å²) in [5.41, 5.74) is 0.906. The fraction of sp³-hybridized carbons (Fsp3) is 0.750. The molecule has 5 nitrogen and oxygen atoms in total. The van der Waals surface area contributed by atoms with Crippen LogP contribution in [-0.4, -0.2) is 29.3 Å². The first-order chi connectivity index (χ1) is 10.1. The van der Waals surface area contributed by atoms with Crippen LogP contribution in [0.4, 0.5) is 0 Å². The van der Waals surface area contributed by atoms with Crippen molar-refractivity contribution in [2.24, 2.45) is 18.9 Å². The van der Waals surface area contributed by atoms with Crippen LogP contribution in [0.15, 0.2) is 12.4 Å². The third-order valence-electron chi connectivity index (χ3n) is 4.51. The van der Waals surface area contributed by atoms with Gasteiger partial charge >= 0.3 is 0 Å². The number of aromatic nitrogens is 2. The van der Waals surface area contributed by atoms with Gasteiger partial charge in [-0.05, 0) is 31.7 Å². The summed E-state index contributed by atoms with van der Waals surface area (Å²) in [5.74, 6) is 1.66. The van der Waals surface area contributed by atoms with E-state index in [4.69, 9.17) is 0 Å². The molecule has 0 aromatic carbocycles. The Labute approximate surface area is 127 Å². The minimum absolute atomic E-state index is 0.0364. The van der Waals surface area contributed by atoms with E-state index in [1.165, 1.54) is 25.7 Å². The molecule has 1 amide bonds. The average Bonchev–Trinajstić information content (AvgIpc) is 2.86. The van der Waals surface area contributed by atoms with Crippen molar-refractivity contribution in [2.75, 3.05) is 13.6 Å². The number of hydrogen-bond acceptors (Lipinski definition) is 3. The van der Waals surface area contributed by atoms with Crippen molar-refractivity contribution in [3.8, 4) is 0 Å². The summed E-state index contributed by atoms with van der Waals surface area (Å²) in [6.07, 6.45) is 10.1. The van der Waals surface area contributed by atoms with Crippen LogP contribution in [0, 0.1) is 11.8 Å². The van der Waals surface area contributed by atoms with Crippen molar-refractivity contribution in [2.45, 2.75) is 45.1 Å². The largest absolute Gasteiger partial charge is 0.354 e. The number of hydrogen-bond donors (Lipinski definition) is 2. The van der Waals surface area contributed by atoms with Gasteiger partial charge in [-0.1, -0.05) is 26.2 Å². The molecule has 0 saturated heterocycles. The van der Waals surface area contributed by atoms with E-state index in [0.717, 1.165) is 30.4 Å². The molecule has 1 aliphatic carbocycles. The summed E-state index contributed by atoms with van der Waals surface area (Å²) in [7, 11) is 3.67. The molecular formula is C16H28N4O. The highest BCUT2D eigenvalue weighted by molar-refractivity contribution is 5.82. The molecule has 5 heteroatoms. The highest BCUT2D eigenvalue weighted by Crippen LogP contribution is 2.30. The maximum atomic E-state index is 12.3.